The summed E-state index contributed by atoms with van der Waals surface area (Å²) >= 11 is 0. The predicted molar refractivity (Wildman–Crippen MR) is 40.7 cm³/mol. The SMILES string of the molecule is O=C1CC([C@@H]2CCNC2)NN1. The Morgan fingerprint density at radius 3 is 2.91 bits per heavy atom. The van der Waals surface area contributed by atoms with Crippen LogP contribution in [0.3, 0.4) is 0 Å². The van der Waals surface area contributed by atoms with Crippen molar-refractivity contribution in [3.63, 3.8) is 0 Å². The third-order valence-electron chi connectivity index (χ3n) is 2.47. The predicted octanol–water partition coefficient (Wildman–Crippen LogP) is -1.01. The Balaban J connectivity index is 1.90. The first-order chi connectivity index (χ1) is 5.36. The van der Waals surface area contributed by atoms with E-state index in [4.69, 9.17) is 0 Å². The van der Waals surface area contributed by atoms with Gasteiger partial charge in [0.2, 0.25) is 5.91 Å². The van der Waals surface area contributed by atoms with E-state index >= 15 is 0 Å². The van der Waals surface area contributed by atoms with Crippen LogP contribution in [0.25, 0.3) is 0 Å². The van der Waals surface area contributed by atoms with Gasteiger partial charge in [0.15, 0.2) is 0 Å². The summed E-state index contributed by atoms with van der Waals surface area (Å²) in [6.45, 7) is 2.14. The Hall–Kier alpha value is -0.610. The summed E-state index contributed by atoms with van der Waals surface area (Å²) in [5, 5.41) is 3.28. The molecular formula is C7H13N3O. The molecule has 3 N–H and O–H groups in total. The lowest BCUT2D eigenvalue weighted by molar-refractivity contribution is -0.119. The molecule has 2 heterocycles. The van der Waals surface area contributed by atoms with Crippen molar-refractivity contribution in [3.05, 3.63) is 0 Å². The molecular weight excluding hydrogens is 142 g/mol. The molecule has 0 aromatic heterocycles. The number of nitrogens with one attached hydrogen (secondary N) is 3. The van der Waals surface area contributed by atoms with E-state index < -0.39 is 0 Å². The molecule has 2 aliphatic heterocycles. The third kappa shape index (κ3) is 1.36. The number of rotatable bonds is 1. The minimum atomic E-state index is 0.127. The van der Waals surface area contributed by atoms with Gasteiger partial charge in [0, 0.05) is 12.5 Å². The molecule has 0 radical (unpaired) electrons. The van der Waals surface area contributed by atoms with E-state index in [9.17, 15) is 4.79 Å². The van der Waals surface area contributed by atoms with Crippen LogP contribution in [0.5, 0.6) is 0 Å². The molecule has 2 atom stereocenters. The third-order valence-corrected chi connectivity index (χ3v) is 2.47. The van der Waals surface area contributed by atoms with Crippen LogP contribution >= 0.6 is 0 Å². The lowest BCUT2D eigenvalue weighted by Crippen LogP contribution is -2.37. The minimum Gasteiger partial charge on any atom is -0.316 e. The second kappa shape index (κ2) is 2.79. The molecule has 4 heteroatoms. The maximum absolute atomic E-state index is 10.8. The van der Waals surface area contributed by atoms with Crippen LogP contribution in [0.4, 0.5) is 0 Å². The number of amides is 1. The second-order valence-electron chi connectivity index (χ2n) is 3.26. The van der Waals surface area contributed by atoms with Gasteiger partial charge in [-0.05, 0) is 25.4 Å². The van der Waals surface area contributed by atoms with Gasteiger partial charge < -0.3 is 5.32 Å². The van der Waals surface area contributed by atoms with Gasteiger partial charge >= 0.3 is 0 Å². The summed E-state index contributed by atoms with van der Waals surface area (Å²) in [5.41, 5.74) is 5.64. The van der Waals surface area contributed by atoms with E-state index in [0.717, 1.165) is 13.1 Å². The summed E-state index contributed by atoms with van der Waals surface area (Å²) < 4.78 is 0. The lowest BCUT2D eigenvalue weighted by atomic mass is 9.98. The van der Waals surface area contributed by atoms with E-state index in [1.165, 1.54) is 6.42 Å². The molecule has 0 bridgehead atoms. The smallest absolute Gasteiger partial charge is 0.235 e. The average molecular weight is 155 g/mol. The maximum atomic E-state index is 10.8. The minimum absolute atomic E-state index is 0.127. The van der Waals surface area contributed by atoms with Crippen LogP contribution < -0.4 is 16.2 Å². The summed E-state index contributed by atoms with van der Waals surface area (Å²) in [6, 6.07) is 0.359. The number of hydrazine groups is 1. The van der Waals surface area contributed by atoms with Crippen molar-refractivity contribution in [2.75, 3.05) is 13.1 Å². The topological polar surface area (TPSA) is 53.2 Å². The fourth-order valence-electron chi connectivity index (χ4n) is 1.78. The van der Waals surface area contributed by atoms with Gasteiger partial charge in [0.05, 0.1) is 0 Å². The quantitative estimate of drug-likeness (QED) is 0.455. The number of carbonyl (C=O) groups is 1. The Labute approximate surface area is 65.7 Å². The van der Waals surface area contributed by atoms with Gasteiger partial charge in [-0.3, -0.25) is 10.2 Å². The van der Waals surface area contributed by atoms with Crippen molar-refractivity contribution in [3.8, 4) is 0 Å². The van der Waals surface area contributed by atoms with Crippen molar-refractivity contribution in [2.45, 2.75) is 18.9 Å². The highest BCUT2D eigenvalue weighted by molar-refractivity contribution is 5.78. The summed E-state index contributed by atoms with van der Waals surface area (Å²) in [7, 11) is 0. The van der Waals surface area contributed by atoms with Crippen molar-refractivity contribution < 1.29 is 4.79 Å². The van der Waals surface area contributed by atoms with E-state index in [0.29, 0.717) is 18.4 Å². The summed E-state index contributed by atoms with van der Waals surface area (Å²) in [5.74, 6) is 0.760. The van der Waals surface area contributed by atoms with Crippen LogP contribution in [0.2, 0.25) is 0 Å². The van der Waals surface area contributed by atoms with Gasteiger partial charge in [0.1, 0.15) is 0 Å². The highest BCUT2D eigenvalue weighted by Crippen LogP contribution is 2.16. The zero-order valence-corrected chi connectivity index (χ0v) is 6.39. The molecule has 0 saturated carbocycles. The molecule has 4 nitrogen and oxygen atoms in total. The van der Waals surface area contributed by atoms with Crippen LogP contribution in [0.15, 0.2) is 0 Å². The molecule has 0 aliphatic carbocycles. The molecule has 1 amide bonds. The Morgan fingerprint density at radius 2 is 2.36 bits per heavy atom. The molecule has 2 fully saturated rings. The number of hydrogen-bond donors (Lipinski definition) is 3. The Morgan fingerprint density at radius 1 is 1.45 bits per heavy atom. The molecule has 0 aromatic carbocycles. The van der Waals surface area contributed by atoms with Gasteiger partial charge in [-0.1, -0.05) is 0 Å². The summed E-state index contributed by atoms with van der Waals surface area (Å²) in [4.78, 5) is 10.8. The molecule has 2 saturated heterocycles. The highest BCUT2D eigenvalue weighted by atomic mass is 16.2. The van der Waals surface area contributed by atoms with Crippen molar-refractivity contribution in [2.24, 2.45) is 5.92 Å². The van der Waals surface area contributed by atoms with Crippen LogP contribution in [-0.2, 0) is 4.79 Å². The molecule has 2 aliphatic rings. The largest absolute Gasteiger partial charge is 0.316 e. The van der Waals surface area contributed by atoms with Crippen molar-refractivity contribution in [1.82, 2.24) is 16.2 Å². The molecule has 0 spiro atoms. The zero-order chi connectivity index (χ0) is 7.68. The molecule has 11 heavy (non-hydrogen) atoms. The second-order valence-corrected chi connectivity index (χ2v) is 3.26. The number of carbonyl (C=O) groups excluding carboxylic acids is 1. The van der Waals surface area contributed by atoms with Crippen LogP contribution in [0.1, 0.15) is 12.8 Å². The van der Waals surface area contributed by atoms with E-state index in [-0.39, 0.29) is 5.91 Å². The molecule has 1 unspecified atom stereocenters. The average Bonchev–Trinajstić information content (AvgIpc) is 2.55. The standard InChI is InChI=1S/C7H13N3O/c11-7-3-6(9-10-7)5-1-2-8-4-5/h5-6,8-9H,1-4H2,(H,10,11)/t5-,6?/m1/s1. The first kappa shape index (κ1) is 7.06. The van der Waals surface area contributed by atoms with Gasteiger partial charge in [0.25, 0.3) is 0 Å². The Bertz CT molecular complexity index is 165. The van der Waals surface area contributed by atoms with Crippen LogP contribution in [-0.4, -0.2) is 25.0 Å². The molecule has 62 valence electrons. The molecule has 2 rings (SSSR count). The van der Waals surface area contributed by atoms with E-state index in [1.54, 1.807) is 0 Å². The van der Waals surface area contributed by atoms with Gasteiger partial charge in [-0.15, -0.1) is 0 Å². The zero-order valence-electron chi connectivity index (χ0n) is 6.39. The monoisotopic (exact) mass is 155 g/mol. The van der Waals surface area contributed by atoms with Crippen molar-refractivity contribution >= 4 is 5.91 Å². The normalized spacial score (nSPS) is 37.6. The molecule has 0 aromatic rings. The van der Waals surface area contributed by atoms with Crippen LogP contribution in [0, 0.1) is 5.92 Å². The number of hydrogen-bond acceptors (Lipinski definition) is 3. The fourth-order valence-corrected chi connectivity index (χ4v) is 1.78. The Kier molecular flexibility index (Phi) is 1.79. The highest BCUT2D eigenvalue weighted by Gasteiger charge is 2.30. The first-order valence-corrected chi connectivity index (χ1v) is 4.11. The fraction of sp³-hybridized carbons (Fsp3) is 0.857. The maximum Gasteiger partial charge on any atom is 0.235 e. The summed E-state index contributed by atoms with van der Waals surface area (Å²) in [6.07, 6.45) is 1.83. The van der Waals surface area contributed by atoms with Gasteiger partial charge in [-0.25, -0.2) is 5.43 Å². The van der Waals surface area contributed by atoms with E-state index in [1.807, 2.05) is 0 Å². The van der Waals surface area contributed by atoms with Crippen molar-refractivity contribution in [1.29, 1.82) is 0 Å². The van der Waals surface area contributed by atoms with E-state index in [2.05, 4.69) is 16.2 Å². The van der Waals surface area contributed by atoms with Gasteiger partial charge in [-0.2, -0.15) is 0 Å². The first-order valence-electron chi connectivity index (χ1n) is 4.11. The lowest BCUT2D eigenvalue weighted by Gasteiger charge is -2.14.